The molecule has 2 aromatic carbocycles. The van der Waals surface area contributed by atoms with E-state index in [4.69, 9.17) is 4.74 Å². The number of hydrogen-bond donors (Lipinski definition) is 2. The van der Waals surface area contributed by atoms with Gasteiger partial charge in [-0.05, 0) is 24.6 Å². The summed E-state index contributed by atoms with van der Waals surface area (Å²) in [6.45, 7) is 1.97. The van der Waals surface area contributed by atoms with Gasteiger partial charge < -0.3 is 10.1 Å². The van der Waals surface area contributed by atoms with Crippen molar-refractivity contribution in [3.05, 3.63) is 70.7 Å². The lowest BCUT2D eigenvalue weighted by Crippen LogP contribution is -2.50. The second kappa shape index (κ2) is 9.20. The van der Waals surface area contributed by atoms with Gasteiger partial charge in [-0.2, -0.15) is 0 Å². The first-order valence-electron chi connectivity index (χ1n) is 10.1. The molecule has 0 unspecified atom stereocenters. The summed E-state index contributed by atoms with van der Waals surface area (Å²) in [5.74, 6) is -0.316. The molecule has 33 heavy (non-hydrogen) atoms. The first kappa shape index (κ1) is 22.7. The molecule has 11 heteroatoms. The van der Waals surface area contributed by atoms with Crippen molar-refractivity contribution in [1.82, 2.24) is 10.3 Å². The van der Waals surface area contributed by atoms with Crippen LogP contribution in [0.4, 0.5) is 10.8 Å². The van der Waals surface area contributed by atoms with Gasteiger partial charge in [0.1, 0.15) is 10.6 Å². The summed E-state index contributed by atoms with van der Waals surface area (Å²) in [5.41, 5.74) is 1.87. The topological polar surface area (TPSA) is 118 Å². The average molecular weight is 487 g/mol. The third kappa shape index (κ3) is 5.32. The summed E-state index contributed by atoms with van der Waals surface area (Å²) >= 11 is 0.946. The van der Waals surface area contributed by atoms with Crippen LogP contribution in [0.25, 0.3) is 0 Å². The maximum absolute atomic E-state index is 13.4. The fraction of sp³-hybridized carbons (Fsp3) is 0.227. The Morgan fingerprint density at radius 3 is 2.58 bits per heavy atom. The van der Waals surface area contributed by atoms with E-state index >= 15 is 0 Å². The van der Waals surface area contributed by atoms with Crippen molar-refractivity contribution < 1.29 is 22.7 Å². The van der Waals surface area contributed by atoms with Gasteiger partial charge in [-0.15, -0.1) is 0 Å². The number of carbonyl (C=O) groups is 2. The van der Waals surface area contributed by atoms with Crippen LogP contribution in [0.2, 0.25) is 0 Å². The number of fused-ring (bicyclic) bond motifs is 1. The van der Waals surface area contributed by atoms with E-state index < -0.39 is 16.1 Å². The van der Waals surface area contributed by atoms with Crippen LogP contribution >= 0.6 is 11.3 Å². The van der Waals surface area contributed by atoms with Crippen LogP contribution in [0.15, 0.2) is 54.6 Å². The second-order valence-corrected chi connectivity index (χ2v) is 10.2. The van der Waals surface area contributed by atoms with Crippen LogP contribution in [-0.2, 0) is 21.4 Å². The van der Waals surface area contributed by atoms with E-state index in [0.29, 0.717) is 23.7 Å². The van der Waals surface area contributed by atoms with Crippen LogP contribution in [0.1, 0.15) is 20.9 Å². The number of nitrogens with one attached hydrogen (secondary N) is 2. The molecule has 172 valence electrons. The molecule has 1 atom stereocenters. The number of rotatable bonds is 6. The molecule has 0 fully saturated rings. The van der Waals surface area contributed by atoms with Gasteiger partial charge in [0.25, 0.3) is 11.8 Å². The zero-order chi connectivity index (χ0) is 23.6. The lowest BCUT2D eigenvalue weighted by atomic mass is 10.1. The molecule has 2 N–H and O–H groups in total. The Balaban J connectivity index is 1.57. The zero-order valence-corrected chi connectivity index (χ0v) is 19.6. The standard InChI is InChI=1S/C22H22N4O5S2/c1-14-19(32-22(24-14)25-33(2,29)30)21(28)26-13-18(31-17-11-7-6-10-16(17)26)20(27)23-12-15-8-4-3-5-9-15/h3-11,18H,12-13H2,1-2H3,(H,23,27)(H,24,25)/t18-/m0/s1. The van der Waals surface area contributed by atoms with Gasteiger partial charge in [-0.1, -0.05) is 53.8 Å². The maximum atomic E-state index is 13.4. The fourth-order valence-electron chi connectivity index (χ4n) is 3.38. The predicted octanol–water partition coefficient (Wildman–Crippen LogP) is 2.55. The first-order valence-corrected chi connectivity index (χ1v) is 12.8. The highest BCUT2D eigenvalue weighted by Gasteiger charge is 2.35. The number of amides is 2. The molecule has 0 saturated carbocycles. The molecule has 1 aliphatic rings. The molecular weight excluding hydrogens is 464 g/mol. The van der Waals surface area contributed by atoms with Gasteiger partial charge in [-0.3, -0.25) is 19.2 Å². The highest BCUT2D eigenvalue weighted by atomic mass is 32.2. The number of sulfonamides is 1. The number of aromatic nitrogens is 1. The molecule has 9 nitrogen and oxygen atoms in total. The molecular formula is C22H22N4O5S2. The fourth-order valence-corrected chi connectivity index (χ4v) is 5.13. The Labute approximate surface area is 195 Å². The minimum Gasteiger partial charge on any atom is -0.477 e. The number of benzene rings is 2. The summed E-state index contributed by atoms with van der Waals surface area (Å²) in [6, 6.07) is 16.4. The van der Waals surface area contributed by atoms with Crippen molar-refractivity contribution in [2.45, 2.75) is 19.6 Å². The highest BCUT2D eigenvalue weighted by molar-refractivity contribution is 7.92. The normalized spacial score (nSPS) is 15.3. The highest BCUT2D eigenvalue weighted by Crippen LogP contribution is 2.35. The molecule has 0 saturated heterocycles. The lowest BCUT2D eigenvalue weighted by molar-refractivity contribution is -0.127. The van der Waals surface area contributed by atoms with Gasteiger partial charge >= 0.3 is 0 Å². The number of nitrogens with zero attached hydrogens (tertiary/aromatic N) is 2. The summed E-state index contributed by atoms with van der Waals surface area (Å²) in [4.78, 5) is 32.2. The van der Waals surface area contributed by atoms with Crippen LogP contribution in [-0.4, -0.2) is 44.1 Å². The SMILES string of the molecule is Cc1nc(NS(C)(=O)=O)sc1C(=O)N1C[C@@H](C(=O)NCc2ccccc2)Oc2ccccc21. The Hall–Kier alpha value is -3.44. The van der Waals surface area contributed by atoms with Crippen LogP contribution < -0.4 is 19.7 Å². The largest absolute Gasteiger partial charge is 0.477 e. The average Bonchev–Trinajstić information content (AvgIpc) is 3.15. The Morgan fingerprint density at radius 1 is 1.15 bits per heavy atom. The Kier molecular flexibility index (Phi) is 6.34. The Morgan fingerprint density at radius 2 is 1.85 bits per heavy atom. The van der Waals surface area contributed by atoms with Crippen LogP contribution in [0.3, 0.4) is 0 Å². The lowest BCUT2D eigenvalue weighted by Gasteiger charge is -2.34. The summed E-state index contributed by atoms with van der Waals surface area (Å²) < 4.78 is 31.3. The van der Waals surface area contributed by atoms with E-state index in [1.54, 1.807) is 31.2 Å². The number of thiazole rings is 1. The van der Waals surface area contributed by atoms with Crippen LogP contribution in [0.5, 0.6) is 5.75 Å². The second-order valence-electron chi connectivity index (χ2n) is 7.50. The summed E-state index contributed by atoms with van der Waals surface area (Å²) in [5, 5.41) is 2.96. The number of aryl methyl sites for hydroxylation is 1. The van der Waals surface area contributed by atoms with Crippen molar-refractivity contribution >= 4 is 44.0 Å². The van der Waals surface area contributed by atoms with E-state index in [1.165, 1.54) is 4.90 Å². The Bertz CT molecular complexity index is 1290. The molecule has 2 heterocycles. The maximum Gasteiger partial charge on any atom is 0.270 e. The van der Waals surface area contributed by atoms with Gasteiger partial charge in [0, 0.05) is 6.54 Å². The van der Waals surface area contributed by atoms with Gasteiger partial charge in [0.2, 0.25) is 10.0 Å². The molecule has 0 bridgehead atoms. The van der Waals surface area contributed by atoms with Gasteiger partial charge in [0.15, 0.2) is 11.2 Å². The molecule has 0 aliphatic carbocycles. The molecule has 4 rings (SSSR count). The minimum atomic E-state index is -3.53. The molecule has 0 spiro atoms. The van der Waals surface area contributed by atoms with Crippen LogP contribution in [0, 0.1) is 6.92 Å². The minimum absolute atomic E-state index is 0.00263. The number of carbonyl (C=O) groups excluding carboxylic acids is 2. The van der Waals surface area contributed by atoms with Crippen molar-refractivity contribution in [2.75, 3.05) is 22.4 Å². The monoisotopic (exact) mass is 486 g/mol. The molecule has 0 radical (unpaired) electrons. The third-order valence-corrected chi connectivity index (χ3v) is 6.64. The smallest absolute Gasteiger partial charge is 0.270 e. The van der Waals surface area contributed by atoms with E-state index in [2.05, 4.69) is 15.0 Å². The summed E-state index contributed by atoms with van der Waals surface area (Å²) in [6.07, 6.45) is 0.108. The zero-order valence-electron chi connectivity index (χ0n) is 17.9. The first-order chi connectivity index (χ1) is 15.7. The third-order valence-electron chi connectivity index (χ3n) is 4.88. The van der Waals surface area contributed by atoms with Crippen molar-refractivity contribution in [3.8, 4) is 5.75 Å². The quantitative estimate of drug-likeness (QED) is 0.553. The molecule has 2 amide bonds. The molecule has 1 aliphatic heterocycles. The number of hydrogen-bond acceptors (Lipinski definition) is 7. The number of anilines is 2. The number of para-hydroxylation sites is 2. The van der Waals surface area contributed by atoms with Crippen molar-refractivity contribution in [2.24, 2.45) is 0 Å². The van der Waals surface area contributed by atoms with Gasteiger partial charge in [0.05, 0.1) is 24.2 Å². The number of ether oxygens (including phenoxy) is 1. The summed E-state index contributed by atoms with van der Waals surface area (Å²) in [7, 11) is -3.53. The van der Waals surface area contributed by atoms with E-state index in [1.807, 2.05) is 30.3 Å². The van der Waals surface area contributed by atoms with E-state index in [-0.39, 0.29) is 28.4 Å². The van der Waals surface area contributed by atoms with Gasteiger partial charge in [-0.25, -0.2) is 13.4 Å². The predicted molar refractivity (Wildman–Crippen MR) is 126 cm³/mol. The van der Waals surface area contributed by atoms with E-state index in [9.17, 15) is 18.0 Å². The van der Waals surface area contributed by atoms with E-state index in [0.717, 1.165) is 23.2 Å². The van der Waals surface area contributed by atoms with Crippen molar-refractivity contribution in [1.29, 1.82) is 0 Å². The molecule has 1 aromatic heterocycles. The van der Waals surface area contributed by atoms with Crippen molar-refractivity contribution in [3.63, 3.8) is 0 Å². The molecule has 3 aromatic rings.